The minimum Gasteiger partial charge on any atom is -0.385 e. The molecule has 2 amide bonds. The van der Waals surface area contributed by atoms with E-state index in [1.165, 1.54) is 11.8 Å². The SMILES string of the molecule is CCN1C(=O)C(=C2SC(=S)N(CCCOC)C2=O)c2cc(Br)ccc21. The van der Waals surface area contributed by atoms with E-state index in [4.69, 9.17) is 17.0 Å². The summed E-state index contributed by atoms with van der Waals surface area (Å²) in [4.78, 5) is 29.5. The number of hydrogen-bond acceptors (Lipinski definition) is 5. The lowest BCUT2D eigenvalue weighted by Crippen LogP contribution is -2.30. The zero-order valence-electron chi connectivity index (χ0n) is 13.9. The molecule has 132 valence electrons. The van der Waals surface area contributed by atoms with Gasteiger partial charge in [-0.3, -0.25) is 14.5 Å². The molecule has 0 bridgehead atoms. The lowest BCUT2D eigenvalue weighted by Gasteiger charge is -2.14. The fraction of sp³-hybridized carbons (Fsp3) is 0.353. The van der Waals surface area contributed by atoms with Crippen molar-refractivity contribution in [2.45, 2.75) is 13.3 Å². The van der Waals surface area contributed by atoms with Crippen LogP contribution in [0.2, 0.25) is 0 Å². The van der Waals surface area contributed by atoms with Gasteiger partial charge in [0.15, 0.2) is 0 Å². The van der Waals surface area contributed by atoms with Crippen molar-refractivity contribution in [1.82, 2.24) is 4.90 Å². The molecule has 0 spiro atoms. The van der Waals surface area contributed by atoms with Gasteiger partial charge < -0.3 is 9.64 Å². The predicted octanol–water partition coefficient (Wildman–Crippen LogP) is 3.42. The Morgan fingerprint density at radius 1 is 1.24 bits per heavy atom. The van der Waals surface area contributed by atoms with Crippen LogP contribution >= 0.6 is 39.9 Å². The van der Waals surface area contributed by atoms with Crippen LogP contribution in [0.4, 0.5) is 5.69 Å². The van der Waals surface area contributed by atoms with Crippen LogP contribution < -0.4 is 4.90 Å². The van der Waals surface area contributed by atoms with E-state index in [-0.39, 0.29) is 11.8 Å². The molecule has 0 aromatic heterocycles. The van der Waals surface area contributed by atoms with E-state index in [1.54, 1.807) is 16.9 Å². The Morgan fingerprint density at radius 2 is 2.00 bits per heavy atom. The molecular formula is C17H17BrN2O3S2. The van der Waals surface area contributed by atoms with Gasteiger partial charge in [0, 0.05) is 36.8 Å². The first-order valence-corrected chi connectivity index (χ1v) is 9.90. The van der Waals surface area contributed by atoms with E-state index in [0.29, 0.717) is 40.9 Å². The van der Waals surface area contributed by atoms with Crippen molar-refractivity contribution in [1.29, 1.82) is 0 Å². The first-order valence-electron chi connectivity index (χ1n) is 7.88. The molecule has 25 heavy (non-hydrogen) atoms. The Balaban J connectivity index is 2.03. The number of carbonyl (C=O) groups is 2. The van der Waals surface area contributed by atoms with Crippen molar-refractivity contribution in [3.63, 3.8) is 0 Å². The number of halogens is 1. The van der Waals surface area contributed by atoms with Gasteiger partial charge in [-0.2, -0.15) is 0 Å². The second kappa shape index (κ2) is 7.57. The Kier molecular flexibility index (Phi) is 5.62. The van der Waals surface area contributed by atoms with Crippen LogP contribution in [0.3, 0.4) is 0 Å². The molecular weight excluding hydrogens is 424 g/mol. The predicted molar refractivity (Wildman–Crippen MR) is 107 cm³/mol. The topological polar surface area (TPSA) is 49.9 Å². The molecule has 0 N–H and O–H groups in total. The highest BCUT2D eigenvalue weighted by atomic mass is 79.9. The van der Waals surface area contributed by atoms with Gasteiger partial charge in [0.2, 0.25) is 0 Å². The smallest absolute Gasteiger partial charge is 0.267 e. The van der Waals surface area contributed by atoms with E-state index < -0.39 is 0 Å². The summed E-state index contributed by atoms with van der Waals surface area (Å²) < 4.78 is 6.39. The maximum atomic E-state index is 12.9. The van der Waals surface area contributed by atoms with Gasteiger partial charge in [-0.15, -0.1) is 0 Å². The van der Waals surface area contributed by atoms with Crippen molar-refractivity contribution in [2.24, 2.45) is 0 Å². The molecule has 2 aliphatic rings. The van der Waals surface area contributed by atoms with Crippen molar-refractivity contribution in [3.05, 3.63) is 33.1 Å². The summed E-state index contributed by atoms with van der Waals surface area (Å²) in [6.45, 7) is 3.52. The number of thiocarbonyl (C=S) groups is 1. The lowest BCUT2D eigenvalue weighted by molar-refractivity contribution is -0.122. The van der Waals surface area contributed by atoms with Gasteiger partial charge in [0.05, 0.1) is 16.2 Å². The molecule has 3 rings (SSSR count). The molecule has 8 heteroatoms. The third-order valence-corrected chi connectivity index (χ3v) is 6.04. The lowest BCUT2D eigenvalue weighted by atomic mass is 10.1. The van der Waals surface area contributed by atoms with Crippen LogP contribution in [-0.4, -0.2) is 47.8 Å². The van der Waals surface area contributed by atoms with Gasteiger partial charge in [0.1, 0.15) is 4.32 Å². The number of amides is 2. The van der Waals surface area contributed by atoms with E-state index in [9.17, 15) is 9.59 Å². The molecule has 1 aromatic carbocycles. The number of carbonyl (C=O) groups excluding carboxylic acids is 2. The summed E-state index contributed by atoms with van der Waals surface area (Å²) in [6, 6.07) is 5.68. The maximum Gasteiger partial charge on any atom is 0.267 e. The zero-order valence-corrected chi connectivity index (χ0v) is 17.1. The Bertz CT molecular complexity index is 794. The van der Waals surface area contributed by atoms with Crippen LogP contribution in [0.15, 0.2) is 27.6 Å². The number of benzene rings is 1. The fourth-order valence-electron chi connectivity index (χ4n) is 2.95. The van der Waals surface area contributed by atoms with Crippen LogP contribution in [-0.2, 0) is 14.3 Å². The Morgan fingerprint density at radius 3 is 2.68 bits per heavy atom. The Labute approximate surface area is 164 Å². The van der Waals surface area contributed by atoms with E-state index in [0.717, 1.165) is 15.7 Å². The van der Waals surface area contributed by atoms with Crippen LogP contribution in [0.1, 0.15) is 18.9 Å². The number of likely N-dealkylation sites (N-methyl/N-ethyl adjacent to an activating group) is 1. The average Bonchev–Trinajstić information content (AvgIpc) is 3.01. The minimum absolute atomic E-state index is 0.145. The molecule has 5 nitrogen and oxygen atoms in total. The summed E-state index contributed by atoms with van der Waals surface area (Å²) in [7, 11) is 1.62. The highest BCUT2D eigenvalue weighted by molar-refractivity contribution is 9.10. The zero-order chi connectivity index (χ0) is 18.1. The standard InChI is InChI=1S/C17H17BrN2O3S2/c1-3-19-12-6-5-10(18)9-11(12)13(15(19)21)14-16(22)20(17(24)25-14)7-4-8-23-2/h5-6,9H,3-4,7-8H2,1-2H3. The third kappa shape index (κ3) is 3.28. The second-order valence-corrected chi connectivity index (χ2v) is 8.15. The third-order valence-electron chi connectivity index (χ3n) is 4.10. The maximum absolute atomic E-state index is 12.9. The number of thioether (sulfide) groups is 1. The normalized spacial score (nSPS) is 20.0. The monoisotopic (exact) mass is 440 g/mol. The number of hydrogen-bond donors (Lipinski definition) is 0. The van der Waals surface area contributed by atoms with Crippen molar-refractivity contribution < 1.29 is 14.3 Å². The number of nitrogens with zero attached hydrogens (tertiary/aromatic N) is 2. The molecule has 1 aromatic rings. The summed E-state index contributed by atoms with van der Waals surface area (Å²) in [5.74, 6) is -0.341. The molecule has 2 heterocycles. The molecule has 1 saturated heterocycles. The van der Waals surface area contributed by atoms with E-state index >= 15 is 0 Å². The van der Waals surface area contributed by atoms with Crippen molar-refractivity contribution in [2.75, 3.05) is 31.7 Å². The van der Waals surface area contributed by atoms with Gasteiger partial charge in [0.25, 0.3) is 11.8 Å². The summed E-state index contributed by atoms with van der Waals surface area (Å²) in [5, 5.41) is 0. The number of methoxy groups -OCH3 is 1. The van der Waals surface area contributed by atoms with E-state index in [2.05, 4.69) is 15.9 Å². The summed E-state index contributed by atoms with van der Waals surface area (Å²) >= 11 is 10.0. The van der Waals surface area contributed by atoms with Gasteiger partial charge in [-0.1, -0.05) is 39.9 Å². The fourth-order valence-corrected chi connectivity index (χ4v) is 4.69. The van der Waals surface area contributed by atoms with Crippen LogP contribution in [0.25, 0.3) is 5.57 Å². The number of ether oxygens (including phenoxy) is 1. The number of fused-ring (bicyclic) bond motifs is 1. The first kappa shape index (κ1) is 18.6. The van der Waals surface area contributed by atoms with Crippen molar-refractivity contribution in [3.8, 4) is 0 Å². The van der Waals surface area contributed by atoms with Gasteiger partial charge >= 0.3 is 0 Å². The molecule has 0 aliphatic carbocycles. The molecule has 0 unspecified atom stereocenters. The second-order valence-electron chi connectivity index (χ2n) is 5.59. The Hall–Kier alpha value is -1.22. The molecule has 1 fully saturated rings. The van der Waals surface area contributed by atoms with Gasteiger partial charge in [-0.25, -0.2) is 0 Å². The van der Waals surface area contributed by atoms with Crippen LogP contribution in [0, 0.1) is 0 Å². The largest absolute Gasteiger partial charge is 0.385 e. The number of rotatable bonds is 5. The minimum atomic E-state index is -0.196. The van der Waals surface area contributed by atoms with E-state index in [1.807, 2.05) is 25.1 Å². The molecule has 0 atom stereocenters. The summed E-state index contributed by atoms with van der Waals surface area (Å²) in [6.07, 6.45) is 0.697. The van der Waals surface area contributed by atoms with Crippen molar-refractivity contribution >= 4 is 67.3 Å². The summed E-state index contributed by atoms with van der Waals surface area (Å²) in [5.41, 5.74) is 2.05. The number of anilines is 1. The molecule has 0 radical (unpaired) electrons. The van der Waals surface area contributed by atoms with Gasteiger partial charge in [-0.05, 0) is 31.5 Å². The highest BCUT2D eigenvalue weighted by Gasteiger charge is 2.41. The molecule has 2 aliphatic heterocycles. The van der Waals surface area contributed by atoms with Crippen LogP contribution in [0.5, 0.6) is 0 Å². The average molecular weight is 441 g/mol. The molecule has 0 saturated carbocycles. The quantitative estimate of drug-likeness (QED) is 0.398. The first-order chi connectivity index (χ1) is 12.0. The highest BCUT2D eigenvalue weighted by Crippen LogP contribution is 2.45.